The Kier molecular flexibility index (Phi) is 7.73. The summed E-state index contributed by atoms with van der Waals surface area (Å²) in [5, 5.41) is 44.0. The molecule has 4 saturated carbocycles. The first kappa shape index (κ1) is 33.3. The molecular formula is C39H54O7. The summed E-state index contributed by atoms with van der Waals surface area (Å²) in [4.78, 5) is 26.0. The zero-order chi connectivity index (χ0) is 33.7. The Morgan fingerprint density at radius 3 is 2.26 bits per heavy atom. The average molecular weight is 635 g/mol. The Labute approximate surface area is 274 Å². The molecule has 7 nitrogen and oxygen atoms in total. The van der Waals surface area contributed by atoms with E-state index in [2.05, 4.69) is 47.6 Å². The summed E-state index contributed by atoms with van der Waals surface area (Å²) in [6.45, 7) is 15.3. The summed E-state index contributed by atoms with van der Waals surface area (Å²) in [6.07, 6.45) is 9.72. The third kappa shape index (κ3) is 4.50. The van der Waals surface area contributed by atoms with Crippen LogP contribution in [0.3, 0.4) is 0 Å². The molecule has 0 amide bonds. The van der Waals surface area contributed by atoms with Crippen molar-refractivity contribution < 1.29 is 34.8 Å². The third-order valence-corrected chi connectivity index (χ3v) is 14.9. The number of hydrogen-bond acceptors (Lipinski definition) is 6. The Morgan fingerprint density at radius 1 is 0.935 bits per heavy atom. The van der Waals surface area contributed by atoms with Crippen LogP contribution in [0, 0.1) is 50.7 Å². The van der Waals surface area contributed by atoms with Crippen LogP contribution in [0.5, 0.6) is 5.75 Å². The van der Waals surface area contributed by atoms with Crippen molar-refractivity contribution in [2.75, 3.05) is 0 Å². The minimum Gasteiger partial charge on any atom is -0.508 e. The molecule has 5 aliphatic rings. The highest BCUT2D eigenvalue weighted by molar-refractivity contribution is 5.87. The zero-order valence-electron chi connectivity index (χ0n) is 28.7. The van der Waals surface area contributed by atoms with E-state index in [1.165, 1.54) is 6.08 Å². The fourth-order valence-electron chi connectivity index (χ4n) is 12.1. The fraction of sp³-hybridized carbons (Fsp3) is 0.692. The molecule has 5 aliphatic carbocycles. The molecule has 4 fully saturated rings. The van der Waals surface area contributed by atoms with E-state index in [-0.39, 0.29) is 39.7 Å². The number of aliphatic carboxylic acids is 1. The number of carboxylic acids is 1. The van der Waals surface area contributed by atoms with E-state index in [0.717, 1.165) is 36.8 Å². The second kappa shape index (κ2) is 10.7. The Morgan fingerprint density at radius 2 is 1.61 bits per heavy atom. The summed E-state index contributed by atoms with van der Waals surface area (Å²) in [5.74, 6) is -1.07. The molecule has 3 unspecified atom stereocenters. The van der Waals surface area contributed by atoms with Crippen LogP contribution in [-0.2, 0) is 14.3 Å². The number of aliphatic hydroxyl groups excluding tert-OH is 1. The van der Waals surface area contributed by atoms with Crippen LogP contribution in [0.4, 0.5) is 0 Å². The van der Waals surface area contributed by atoms with Crippen LogP contribution in [0.25, 0.3) is 6.08 Å². The van der Waals surface area contributed by atoms with Gasteiger partial charge in [0, 0.05) is 17.4 Å². The number of carboxylic acid groups (broad SMARTS) is 1. The van der Waals surface area contributed by atoms with Crippen LogP contribution in [0.15, 0.2) is 42.0 Å². The van der Waals surface area contributed by atoms with Crippen LogP contribution < -0.4 is 0 Å². The molecule has 252 valence electrons. The van der Waals surface area contributed by atoms with Gasteiger partial charge < -0.3 is 25.2 Å². The number of aromatic hydroxyl groups is 1. The van der Waals surface area contributed by atoms with Crippen molar-refractivity contribution in [3.05, 3.63) is 47.6 Å². The maximum absolute atomic E-state index is 13.0. The van der Waals surface area contributed by atoms with Crippen molar-refractivity contribution in [1.82, 2.24) is 0 Å². The van der Waals surface area contributed by atoms with Gasteiger partial charge >= 0.3 is 11.9 Å². The van der Waals surface area contributed by atoms with Crippen LogP contribution in [-0.4, -0.2) is 50.2 Å². The number of hydrogen-bond donors (Lipinski definition) is 4. The summed E-state index contributed by atoms with van der Waals surface area (Å²) >= 11 is 0. The van der Waals surface area contributed by atoms with Gasteiger partial charge in [-0.3, -0.25) is 4.79 Å². The molecule has 0 saturated heterocycles. The number of benzene rings is 1. The van der Waals surface area contributed by atoms with E-state index < -0.39 is 46.5 Å². The van der Waals surface area contributed by atoms with Crippen LogP contribution in [0.2, 0.25) is 0 Å². The topological polar surface area (TPSA) is 124 Å². The lowest BCUT2D eigenvalue weighted by Crippen LogP contribution is -2.69. The van der Waals surface area contributed by atoms with Crippen molar-refractivity contribution in [2.45, 2.75) is 118 Å². The number of allylic oxidation sites excluding steroid dienone is 1. The Bertz CT molecular complexity index is 1460. The zero-order valence-corrected chi connectivity index (χ0v) is 28.7. The van der Waals surface area contributed by atoms with Gasteiger partial charge in [-0.15, -0.1) is 0 Å². The number of aliphatic hydroxyl groups is 2. The molecule has 1 aromatic rings. The van der Waals surface area contributed by atoms with E-state index in [0.29, 0.717) is 25.7 Å². The monoisotopic (exact) mass is 634 g/mol. The van der Waals surface area contributed by atoms with Gasteiger partial charge in [-0.05, 0) is 116 Å². The van der Waals surface area contributed by atoms with Gasteiger partial charge in [0.25, 0.3) is 0 Å². The quantitative estimate of drug-likeness (QED) is 0.158. The minimum atomic E-state index is -1.11. The lowest BCUT2D eigenvalue weighted by molar-refractivity contribution is -0.242. The van der Waals surface area contributed by atoms with E-state index in [1.807, 2.05) is 6.92 Å². The number of esters is 1. The normalized spacial score (nSPS) is 46.2. The first-order valence-electron chi connectivity index (χ1n) is 17.4. The second-order valence-corrected chi connectivity index (χ2v) is 17.2. The standard InChI is InChI=1S/C39H54O7/c1-23-16-19-39(33(43)44)21-20-36(5)26(31(39)38(23,7)45)13-14-29-35(4)22-27(41)32(34(2,3)28(35)17-18-37(29,36)6)46-30(42)15-10-24-8-11-25(40)12-9-24/h8-13,15,23,27-29,31-32,40-41,45H,14,16-22H2,1-7H3,(H,43,44)/b15-10+/t23-,27-,28?,29?,31?,32+,35+,36-,37-,38-,39+/m1/s1. The van der Waals surface area contributed by atoms with Crippen molar-refractivity contribution in [3.63, 3.8) is 0 Å². The van der Waals surface area contributed by atoms with Crippen LogP contribution in [0.1, 0.15) is 105 Å². The highest BCUT2D eigenvalue weighted by atomic mass is 16.6. The Balaban J connectivity index is 1.31. The maximum Gasteiger partial charge on any atom is 0.331 e. The number of rotatable bonds is 4. The van der Waals surface area contributed by atoms with Crippen molar-refractivity contribution >= 4 is 18.0 Å². The van der Waals surface area contributed by atoms with Gasteiger partial charge in [-0.2, -0.15) is 0 Å². The largest absolute Gasteiger partial charge is 0.508 e. The number of carbonyl (C=O) groups excluding carboxylic acids is 1. The average Bonchev–Trinajstić information content (AvgIpc) is 2.97. The summed E-state index contributed by atoms with van der Waals surface area (Å²) in [5.41, 5.74) is -1.25. The van der Waals surface area contributed by atoms with Crippen molar-refractivity contribution in [1.29, 1.82) is 0 Å². The molecule has 6 rings (SSSR count). The summed E-state index contributed by atoms with van der Waals surface area (Å²) in [7, 11) is 0. The van der Waals surface area contributed by atoms with Crippen LogP contribution >= 0.6 is 0 Å². The van der Waals surface area contributed by atoms with E-state index in [4.69, 9.17) is 4.74 Å². The molecule has 0 aromatic heterocycles. The molecule has 0 aliphatic heterocycles. The molecule has 0 spiro atoms. The minimum absolute atomic E-state index is 0.0110. The molecule has 1 aromatic carbocycles. The fourth-order valence-corrected chi connectivity index (χ4v) is 12.1. The molecule has 46 heavy (non-hydrogen) atoms. The molecule has 0 radical (unpaired) electrons. The molecular weight excluding hydrogens is 580 g/mol. The molecule has 4 N–H and O–H groups in total. The molecule has 7 heteroatoms. The lowest BCUT2D eigenvalue weighted by Gasteiger charge is -2.72. The van der Waals surface area contributed by atoms with Crippen molar-refractivity contribution in [2.24, 2.45) is 50.7 Å². The summed E-state index contributed by atoms with van der Waals surface area (Å²) < 4.78 is 6.03. The van der Waals surface area contributed by atoms with Gasteiger partial charge in [0.05, 0.1) is 17.1 Å². The van der Waals surface area contributed by atoms with Gasteiger partial charge in [0.15, 0.2) is 0 Å². The third-order valence-electron chi connectivity index (χ3n) is 14.9. The predicted molar refractivity (Wildman–Crippen MR) is 176 cm³/mol. The smallest absolute Gasteiger partial charge is 0.331 e. The number of phenols is 1. The van der Waals surface area contributed by atoms with E-state index >= 15 is 0 Å². The first-order chi connectivity index (χ1) is 21.3. The van der Waals surface area contributed by atoms with Gasteiger partial charge in [0.1, 0.15) is 11.9 Å². The van der Waals surface area contributed by atoms with E-state index in [1.54, 1.807) is 30.3 Å². The highest BCUT2D eigenvalue weighted by Crippen LogP contribution is 2.76. The SMILES string of the molecule is C[C@@H]1CC[C@]2(C(=O)O)CC[C@]3(C)C(=CCC4[C@@]5(C)C[C@@H](O)[C@H](OC(=O)/C=C/c6ccc(O)cc6)C(C)(C)C5CC[C@]43C)C2[C@]1(C)O. The van der Waals surface area contributed by atoms with Gasteiger partial charge in [0.2, 0.25) is 0 Å². The number of carbonyl (C=O) groups is 2. The van der Waals surface area contributed by atoms with Gasteiger partial charge in [-0.1, -0.05) is 65.3 Å². The maximum atomic E-state index is 13.0. The molecule has 11 atom stereocenters. The second-order valence-electron chi connectivity index (χ2n) is 17.2. The Hall–Kier alpha value is -2.64. The summed E-state index contributed by atoms with van der Waals surface area (Å²) in [6, 6.07) is 6.57. The molecule has 0 bridgehead atoms. The lowest BCUT2D eigenvalue weighted by atomic mass is 9.33. The molecule has 0 heterocycles. The van der Waals surface area contributed by atoms with Crippen molar-refractivity contribution in [3.8, 4) is 5.75 Å². The highest BCUT2D eigenvalue weighted by Gasteiger charge is 2.72. The first-order valence-corrected chi connectivity index (χ1v) is 17.4. The van der Waals surface area contributed by atoms with Gasteiger partial charge in [-0.25, -0.2) is 4.79 Å². The van der Waals surface area contributed by atoms with E-state index in [9.17, 15) is 30.0 Å². The predicted octanol–water partition coefficient (Wildman–Crippen LogP) is 7.15. The number of ether oxygens (including phenoxy) is 1. The number of fused-ring (bicyclic) bond motifs is 7. The number of phenolic OH excluding ortho intramolecular Hbond substituents is 1.